The van der Waals surface area contributed by atoms with Crippen LogP contribution >= 0.6 is 0 Å². The largest absolute Gasteiger partial charge is 0.573 e. The van der Waals surface area contributed by atoms with Crippen molar-refractivity contribution >= 4 is 5.78 Å². The maximum Gasteiger partial charge on any atom is 0.573 e. The fourth-order valence-electron chi connectivity index (χ4n) is 3.80. The summed E-state index contributed by atoms with van der Waals surface area (Å²) in [6.45, 7) is 2.09. The Morgan fingerprint density at radius 3 is 2.29 bits per heavy atom. The number of carbonyl (C=O) groups is 1. The highest BCUT2D eigenvalue weighted by atomic mass is 19.4. The molecule has 0 unspecified atom stereocenters. The number of aromatic nitrogens is 3. The molecule has 0 aliphatic heterocycles. The molecule has 3 aromatic carbocycles. The fourth-order valence-corrected chi connectivity index (χ4v) is 3.80. The van der Waals surface area contributed by atoms with Crippen LogP contribution in [0, 0.1) is 0 Å². The van der Waals surface area contributed by atoms with E-state index >= 15 is 0 Å². The fraction of sp³-hybridized carbons (Fsp3) is 0.222. The molecule has 4 rings (SSSR count). The quantitative estimate of drug-likeness (QED) is 0.289. The first-order valence-electron chi connectivity index (χ1n) is 11.3. The summed E-state index contributed by atoms with van der Waals surface area (Å²) in [6.07, 6.45) is -0.753. The van der Waals surface area contributed by atoms with Crippen LogP contribution in [0.5, 0.6) is 5.75 Å². The maximum atomic E-state index is 12.5. The van der Waals surface area contributed by atoms with Gasteiger partial charge in [0.1, 0.15) is 17.9 Å². The van der Waals surface area contributed by atoms with E-state index in [2.05, 4.69) is 27.8 Å². The monoisotopic (exact) mass is 479 g/mol. The number of nitrogens with zero attached hydrogens (tertiary/aromatic N) is 3. The number of benzene rings is 3. The third-order valence-corrected chi connectivity index (χ3v) is 5.62. The summed E-state index contributed by atoms with van der Waals surface area (Å²) < 4.78 is 42.3. The summed E-state index contributed by atoms with van der Waals surface area (Å²) in [4.78, 5) is 16.8. The molecule has 180 valence electrons. The molecule has 0 saturated carbocycles. The number of Topliss-reactive ketones (excluding diaryl/α,β-unsaturated/α-hetero) is 1. The normalized spacial score (nSPS) is 11.4. The summed E-state index contributed by atoms with van der Waals surface area (Å²) in [6, 6.07) is 21.1. The first-order chi connectivity index (χ1) is 16.8. The van der Waals surface area contributed by atoms with Crippen LogP contribution in [0.1, 0.15) is 30.0 Å². The Morgan fingerprint density at radius 1 is 0.943 bits per heavy atom. The van der Waals surface area contributed by atoms with Crippen molar-refractivity contribution in [1.82, 2.24) is 14.8 Å². The molecule has 1 heterocycles. The number of rotatable bonds is 9. The Balaban J connectivity index is 1.35. The summed E-state index contributed by atoms with van der Waals surface area (Å²) in [7, 11) is 0. The van der Waals surface area contributed by atoms with Gasteiger partial charge < -0.3 is 4.74 Å². The molecular formula is C27H24F3N3O2. The lowest BCUT2D eigenvalue weighted by Gasteiger charge is -2.09. The van der Waals surface area contributed by atoms with Gasteiger partial charge in [0, 0.05) is 18.4 Å². The van der Waals surface area contributed by atoms with Gasteiger partial charge in [0.25, 0.3) is 0 Å². The lowest BCUT2D eigenvalue weighted by atomic mass is 9.97. The van der Waals surface area contributed by atoms with Crippen LogP contribution in [0.3, 0.4) is 0 Å². The van der Waals surface area contributed by atoms with Gasteiger partial charge >= 0.3 is 6.36 Å². The van der Waals surface area contributed by atoms with Crippen molar-refractivity contribution in [2.45, 2.75) is 39.0 Å². The van der Waals surface area contributed by atoms with E-state index in [4.69, 9.17) is 0 Å². The summed E-state index contributed by atoms with van der Waals surface area (Å²) >= 11 is 0. The van der Waals surface area contributed by atoms with E-state index in [-0.39, 0.29) is 11.5 Å². The molecule has 0 fully saturated rings. The Bertz CT molecular complexity index is 1280. The van der Waals surface area contributed by atoms with Crippen LogP contribution in [0.15, 0.2) is 79.1 Å². The highest BCUT2D eigenvalue weighted by molar-refractivity contribution is 5.81. The zero-order chi connectivity index (χ0) is 24.8. The predicted octanol–water partition coefficient (Wildman–Crippen LogP) is 6.14. The lowest BCUT2D eigenvalue weighted by Crippen LogP contribution is -2.17. The Morgan fingerprint density at radius 2 is 1.63 bits per heavy atom. The zero-order valence-electron chi connectivity index (χ0n) is 19.1. The summed E-state index contributed by atoms with van der Waals surface area (Å²) in [5, 5.41) is 4.41. The van der Waals surface area contributed by atoms with Crippen molar-refractivity contribution < 1.29 is 22.7 Å². The molecule has 0 saturated heterocycles. The van der Waals surface area contributed by atoms with Gasteiger partial charge in [-0.1, -0.05) is 55.5 Å². The zero-order valence-corrected chi connectivity index (χ0v) is 19.1. The van der Waals surface area contributed by atoms with Crippen LogP contribution in [-0.2, 0) is 24.1 Å². The molecule has 0 atom stereocenters. The number of alkyl halides is 3. The van der Waals surface area contributed by atoms with Crippen molar-refractivity contribution in [1.29, 1.82) is 0 Å². The molecule has 0 amide bonds. The highest BCUT2D eigenvalue weighted by Gasteiger charge is 2.31. The summed E-state index contributed by atoms with van der Waals surface area (Å²) in [5.74, 6) is 0.395. The molecule has 1 aromatic heterocycles. The van der Waals surface area contributed by atoms with Gasteiger partial charge in [-0.2, -0.15) is 0 Å². The van der Waals surface area contributed by atoms with E-state index < -0.39 is 6.36 Å². The van der Waals surface area contributed by atoms with Crippen LogP contribution in [0.25, 0.3) is 17.1 Å². The highest BCUT2D eigenvalue weighted by Crippen LogP contribution is 2.24. The number of aryl methyl sites for hydroxylation is 2. The number of halogens is 3. The second-order valence-corrected chi connectivity index (χ2v) is 8.09. The number of hydrogen-bond acceptors (Lipinski definition) is 4. The molecule has 0 spiro atoms. The van der Waals surface area contributed by atoms with E-state index in [0.717, 1.165) is 23.1 Å². The molecule has 8 heteroatoms. The van der Waals surface area contributed by atoms with Crippen molar-refractivity contribution in [2.24, 2.45) is 0 Å². The standard InChI is InChI=1S/C27H24F3N3O2/c1-2-20-5-3-4-6-22(20)17-24(34)14-9-19-7-10-21(11-8-19)26-31-18-33(32-26)23-12-15-25(16-13-23)35-27(28,29)30/h3-8,10-13,15-16,18H,2,9,14,17H2,1H3. The van der Waals surface area contributed by atoms with Crippen molar-refractivity contribution in [3.8, 4) is 22.8 Å². The van der Waals surface area contributed by atoms with Gasteiger partial charge in [0.05, 0.1) is 5.69 Å². The number of ketones is 1. The van der Waals surface area contributed by atoms with Crippen LogP contribution in [0.4, 0.5) is 13.2 Å². The molecular weight excluding hydrogens is 455 g/mol. The van der Waals surface area contributed by atoms with Gasteiger partial charge in [0.15, 0.2) is 5.82 Å². The molecule has 5 nitrogen and oxygen atoms in total. The second-order valence-electron chi connectivity index (χ2n) is 8.09. The van der Waals surface area contributed by atoms with Gasteiger partial charge in [-0.3, -0.25) is 4.79 Å². The summed E-state index contributed by atoms with van der Waals surface area (Å²) in [5.41, 5.74) is 4.71. The number of hydrogen-bond donors (Lipinski definition) is 0. The van der Waals surface area contributed by atoms with Crippen molar-refractivity contribution in [3.63, 3.8) is 0 Å². The second kappa shape index (κ2) is 10.5. The molecule has 0 N–H and O–H groups in total. The molecule has 0 radical (unpaired) electrons. The van der Waals surface area contributed by atoms with Crippen molar-refractivity contribution in [3.05, 3.63) is 95.8 Å². The SMILES string of the molecule is CCc1ccccc1CC(=O)CCc1ccc(-c2ncn(-c3ccc(OC(F)(F)F)cc3)n2)cc1. The van der Waals surface area contributed by atoms with Gasteiger partial charge in [-0.15, -0.1) is 18.3 Å². The van der Waals surface area contributed by atoms with Crippen LogP contribution in [-0.4, -0.2) is 26.9 Å². The Hall–Kier alpha value is -3.94. The van der Waals surface area contributed by atoms with E-state index in [1.165, 1.54) is 40.8 Å². The maximum absolute atomic E-state index is 12.5. The van der Waals surface area contributed by atoms with E-state index in [1.54, 1.807) is 0 Å². The number of ether oxygens (including phenoxy) is 1. The Labute approximate surface area is 201 Å². The first kappa shape index (κ1) is 24.2. The molecule has 0 aliphatic carbocycles. The van der Waals surface area contributed by atoms with E-state index in [9.17, 15) is 18.0 Å². The van der Waals surface area contributed by atoms with E-state index in [1.807, 2.05) is 42.5 Å². The predicted molar refractivity (Wildman–Crippen MR) is 126 cm³/mol. The third-order valence-electron chi connectivity index (χ3n) is 5.62. The average molecular weight is 480 g/mol. The molecule has 0 aliphatic rings. The van der Waals surface area contributed by atoms with E-state index in [0.29, 0.717) is 30.8 Å². The number of carbonyl (C=O) groups excluding carboxylic acids is 1. The van der Waals surface area contributed by atoms with Crippen LogP contribution < -0.4 is 4.74 Å². The third kappa shape index (κ3) is 6.56. The molecule has 35 heavy (non-hydrogen) atoms. The minimum Gasteiger partial charge on any atom is -0.406 e. The molecule has 4 aromatic rings. The Kier molecular flexibility index (Phi) is 7.29. The minimum atomic E-state index is -4.73. The van der Waals surface area contributed by atoms with Gasteiger partial charge in [-0.05, 0) is 53.8 Å². The minimum absolute atomic E-state index is 0.210. The van der Waals surface area contributed by atoms with Gasteiger partial charge in [0.2, 0.25) is 0 Å². The molecule has 0 bridgehead atoms. The smallest absolute Gasteiger partial charge is 0.406 e. The van der Waals surface area contributed by atoms with Crippen molar-refractivity contribution in [2.75, 3.05) is 0 Å². The topological polar surface area (TPSA) is 57.0 Å². The lowest BCUT2D eigenvalue weighted by molar-refractivity contribution is -0.274. The average Bonchev–Trinajstić information content (AvgIpc) is 3.33. The van der Waals surface area contributed by atoms with Crippen LogP contribution in [0.2, 0.25) is 0 Å². The van der Waals surface area contributed by atoms with Gasteiger partial charge in [-0.25, -0.2) is 9.67 Å². The first-order valence-corrected chi connectivity index (χ1v) is 11.3.